The first-order valence-electron chi connectivity index (χ1n) is 8.33. The van der Waals surface area contributed by atoms with Crippen molar-refractivity contribution in [1.82, 2.24) is 4.90 Å². The molecular formula is C19H22N2O3S. The van der Waals surface area contributed by atoms with Gasteiger partial charge in [0.25, 0.3) is 0 Å². The normalized spacial score (nSPS) is 15.2. The molecule has 0 atom stereocenters. The zero-order valence-corrected chi connectivity index (χ0v) is 15.1. The summed E-state index contributed by atoms with van der Waals surface area (Å²) in [5, 5.41) is 0. The third-order valence-corrected chi connectivity index (χ3v) is 6.06. The third kappa shape index (κ3) is 4.20. The second-order valence-corrected chi connectivity index (χ2v) is 8.27. The number of aryl methyl sites for hydroxylation is 1. The lowest BCUT2D eigenvalue weighted by Crippen LogP contribution is -2.50. The van der Waals surface area contributed by atoms with Gasteiger partial charge in [0, 0.05) is 31.9 Å². The van der Waals surface area contributed by atoms with Crippen LogP contribution < -0.4 is 4.90 Å². The summed E-state index contributed by atoms with van der Waals surface area (Å²) in [6, 6.07) is 16.6. The number of carbonyl (C=O) groups excluding carboxylic acids is 1. The molecule has 6 heteroatoms. The van der Waals surface area contributed by atoms with Gasteiger partial charge in [0.1, 0.15) is 5.75 Å². The molecule has 1 amide bonds. The first-order valence-corrected chi connectivity index (χ1v) is 9.98. The van der Waals surface area contributed by atoms with Crippen molar-refractivity contribution in [3.63, 3.8) is 0 Å². The zero-order chi connectivity index (χ0) is 17.9. The van der Waals surface area contributed by atoms with Crippen molar-refractivity contribution >= 4 is 21.4 Å². The number of carbonyl (C=O) groups is 1. The van der Waals surface area contributed by atoms with E-state index in [0.29, 0.717) is 26.2 Å². The fourth-order valence-electron chi connectivity index (χ4n) is 2.94. The maximum absolute atomic E-state index is 12.4. The lowest BCUT2D eigenvalue weighted by Gasteiger charge is -2.36. The van der Waals surface area contributed by atoms with E-state index in [1.807, 2.05) is 37.3 Å². The van der Waals surface area contributed by atoms with Gasteiger partial charge in [-0.2, -0.15) is 0 Å². The summed E-state index contributed by atoms with van der Waals surface area (Å²) in [5.41, 5.74) is 2.11. The summed E-state index contributed by atoms with van der Waals surface area (Å²) in [6.45, 7) is 4.39. The topological polar surface area (TPSA) is 57.7 Å². The number of hydrogen-bond acceptors (Lipinski definition) is 4. The largest absolute Gasteiger partial charge is 0.368 e. The molecule has 2 aromatic carbocycles. The van der Waals surface area contributed by atoms with Crippen molar-refractivity contribution in [3.05, 3.63) is 60.2 Å². The van der Waals surface area contributed by atoms with E-state index < -0.39 is 15.6 Å². The van der Waals surface area contributed by atoms with Crippen LogP contribution in [0.2, 0.25) is 0 Å². The molecule has 132 valence electrons. The average molecular weight is 358 g/mol. The molecule has 0 unspecified atom stereocenters. The molecule has 0 aromatic heterocycles. The summed E-state index contributed by atoms with van der Waals surface area (Å²) >= 11 is 0. The molecule has 0 radical (unpaired) electrons. The molecular weight excluding hydrogens is 336 g/mol. The van der Waals surface area contributed by atoms with Gasteiger partial charge in [-0.3, -0.25) is 4.79 Å². The molecule has 0 aliphatic carbocycles. The first-order chi connectivity index (χ1) is 12.0. The minimum Gasteiger partial charge on any atom is -0.368 e. The van der Waals surface area contributed by atoms with Crippen LogP contribution in [0, 0.1) is 6.92 Å². The van der Waals surface area contributed by atoms with Gasteiger partial charge in [-0.05, 0) is 31.2 Å². The smallest absolute Gasteiger partial charge is 0.238 e. The Morgan fingerprint density at radius 3 is 2.12 bits per heavy atom. The lowest BCUT2D eigenvalue weighted by atomic mass is 10.2. The molecule has 0 bridgehead atoms. The molecule has 1 heterocycles. The van der Waals surface area contributed by atoms with E-state index in [4.69, 9.17) is 0 Å². The summed E-state index contributed by atoms with van der Waals surface area (Å²) < 4.78 is 24.8. The van der Waals surface area contributed by atoms with Gasteiger partial charge < -0.3 is 9.80 Å². The number of nitrogens with zero attached hydrogens (tertiary/aromatic N) is 2. The van der Waals surface area contributed by atoms with E-state index in [1.54, 1.807) is 29.2 Å². The number of para-hydroxylation sites is 1. The van der Waals surface area contributed by atoms with Gasteiger partial charge in [-0.25, -0.2) is 8.42 Å². The first kappa shape index (κ1) is 17.5. The van der Waals surface area contributed by atoms with E-state index in [0.717, 1.165) is 11.3 Å². The molecule has 1 fully saturated rings. The van der Waals surface area contributed by atoms with Crippen molar-refractivity contribution in [2.75, 3.05) is 36.8 Å². The summed E-state index contributed by atoms with van der Waals surface area (Å²) in [7, 11) is -3.60. The molecule has 0 saturated carbocycles. The maximum Gasteiger partial charge on any atom is 0.238 e. The van der Waals surface area contributed by atoms with Crippen LogP contribution in [0.15, 0.2) is 59.5 Å². The van der Waals surface area contributed by atoms with Crippen LogP contribution in [0.25, 0.3) is 0 Å². The molecule has 25 heavy (non-hydrogen) atoms. The fourth-order valence-corrected chi connectivity index (χ4v) is 4.16. The van der Waals surface area contributed by atoms with Crippen molar-refractivity contribution in [1.29, 1.82) is 0 Å². The Kier molecular flexibility index (Phi) is 5.08. The van der Waals surface area contributed by atoms with Gasteiger partial charge in [0.2, 0.25) is 5.91 Å². The van der Waals surface area contributed by atoms with E-state index in [-0.39, 0.29) is 10.8 Å². The predicted octanol–water partition coefficient (Wildman–Crippen LogP) is 2.12. The number of rotatable bonds is 4. The van der Waals surface area contributed by atoms with E-state index >= 15 is 0 Å². The molecule has 1 aliphatic heterocycles. The number of anilines is 1. The standard InChI is InChI=1S/C19H22N2O3S/c1-16-7-9-18(10-8-16)25(23,24)15-19(22)21-13-11-20(12-14-21)17-5-3-2-4-6-17/h2-10H,11-15H2,1H3. The Hall–Kier alpha value is -2.34. The van der Waals surface area contributed by atoms with Gasteiger partial charge in [0.15, 0.2) is 9.84 Å². The second kappa shape index (κ2) is 7.27. The summed E-state index contributed by atoms with van der Waals surface area (Å²) in [4.78, 5) is 16.5. The molecule has 5 nitrogen and oxygen atoms in total. The monoisotopic (exact) mass is 358 g/mol. The number of sulfone groups is 1. The Balaban J connectivity index is 1.60. The molecule has 3 rings (SSSR count). The van der Waals surface area contributed by atoms with Crippen LogP contribution in [-0.4, -0.2) is 51.2 Å². The maximum atomic E-state index is 12.4. The molecule has 0 spiro atoms. The highest BCUT2D eigenvalue weighted by atomic mass is 32.2. The quantitative estimate of drug-likeness (QED) is 0.840. The highest BCUT2D eigenvalue weighted by Gasteiger charge is 2.26. The van der Waals surface area contributed by atoms with Gasteiger partial charge in [-0.15, -0.1) is 0 Å². The van der Waals surface area contributed by atoms with Crippen LogP contribution in [0.3, 0.4) is 0 Å². The summed E-state index contributed by atoms with van der Waals surface area (Å²) in [5.74, 6) is -0.796. The molecule has 1 saturated heterocycles. The van der Waals surface area contributed by atoms with Crippen molar-refractivity contribution in [2.45, 2.75) is 11.8 Å². The van der Waals surface area contributed by atoms with Crippen LogP contribution in [-0.2, 0) is 14.6 Å². The number of amides is 1. The number of piperazine rings is 1. The SMILES string of the molecule is Cc1ccc(S(=O)(=O)CC(=O)N2CCN(c3ccccc3)CC2)cc1. The van der Waals surface area contributed by atoms with Crippen molar-refractivity contribution in [3.8, 4) is 0 Å². The van der Waals surface area contributed by atoms with Crippen LogP contribution in [0.4, 0.5) is 5.69 Å². The number of hydrogen-bond donors (Lipinski definition) is 0. The summed E-state index contributed by atoms with van der Waals surface area (Å²) in [6.07, 6.45) is 0. The Morgan fingerprint density at radius 2 is 1.52 bits per heavy atom. The minimum atomic E-state index is -3.60. The van der Waals surface area contributed by atoms with Crippen LogP contribution >= 0.6 is 0 Å². The van der Waals surface area contributed by atoms with E-state index in [2.05, 4.69) is 4.90 Å². The Labute approximate surface area is 148 Å². The van der Waals surface area contributed by atoms with Crippen LogP contribution in [0.1, 0.15) is 5.56 Å². The molecule has 2 aromatic rings. The van der Waals surface area contributed by atoms with Gasteiger partial charge >= 0.3 is 0 Å². The average Bonchev–Trinajstić information content (AvgIpc) is 2.62. The van der Waals surface area contributed by atoms with Crippen molar-refractivity contribution < 1.29 is 13.2 Å². The predicted molar refractivity (Wildman–Crippen MR) is 98.5 cm³/mol. The van der Waals surface area contributed by atoms with Gasteiger partial charge in [0.05, 0.1) is 4.90 Å². The fraction of sp³-hybridized carbons (Fsp3) is 0.316. The highest BCUT2D eigenvalue weighted by molar-refractivity contribution is 7.92. The molecule has 1 aliphatic rings. The third-order valence-electron chi connectivity index (χ3n) is 4.45. The van der Waals surface area contributed by atoms with Crippen LogP contribution in [0.5, 0.6) is 0 Å². The van der Waals surface area contributed by atoms with E-state index in [1.165, 1.54) is 0 Å². The zero-order valence-electron chi connectivity index (χ0n) is 14.3. The Morgan fingerprint density at radius 1 is 0.920 bits per heavy atom. The minimum absolute atomic E-state index is 0.203. The van der Waals surface area contributed by atoms with E-state index in [9.17, 15) is 13.2 Å². The molecule has 0 N–H and O–H groups in total. The lowest BCUT2D eigenvalue weighted by molar-refractivity contribution is -0.128. The Bertz CT molecular complexity index is 825. The second-order valence-electron chi connectivity index (χ2n) is 6.28. The highest BCUT2D eigenvalue weighted by Crippen LogP contribution is 2.17. The van der Waals surface area contributed by atoms with Gasteiger partial charge in [-0.1, -0.05) is 35.9 Å². The number of benzene rings is 2. The van der Waals surface area contributed by atoms with Crippen molar-refractivity contribution in [2.24, 2.45) is 0 Å².